The van der Waals surface area contributed by atoms with Gasteiger partial charge in [0.25, 0.3) is 21.3 Å². The molecule has 0 saturated carbocycles. The van der Waals surface area contributed by atoms with Crippen LogP contribution in [0.4, 0.5) is 17.1 Å². The quantitative estimate of drug-likeness (QED) is 0.308. The van der Waals surface area contributed by atoms with Crippen molar-refractivity contribution in [1.29, 1.82) is 0 Å². The van der Waals surface area contributed by atoms with Gasteiger partial charge < -0.3 is 5.32 Å². The van der Waals surface area contributed by atoms with Crippen molar-refractivity contribution in [3.8, 4) is 0 Å². The Bertz CT molecular complexity index is 1600. The fraction of sp³-hybridized carbons (Fsp3) is 0.0870. The smallest absolute Gasteiger partial charge is 0.271 e. The molecule has 0 unspecified atom stereocenters. The lowest BCUT2D eigenvalue weighted by Gasteiger charge is -2.20. The van der Waals surface area contributed by atoms with Gasteiger partial charge in [0.1, 0.15) is 6.54 Å². The molecule has 178 valence electrons. The van der Waals surface area contributed by atoms with Gasteiger partial charge in [-0.3, -0.25) is 28.6 Å². The molecule has 0 spiro atoms. The highest BCUT2D eigenvalue weighted by Gasteiger charge is 2.22. The topological polar surface area (TPSA) is 145 Å². The number of anilines is 2. The molecular weight excluding hydrogens is 474 g/mol. The first-order chi connectivity index (χ1) is 16.7. The molecule has 0 aliphatic rings. The zero-order valence-corrected chi connectivity index (χ0v) is 19.2. The van der Waals surface area contributed by atoms with E-state index in [1.165, 1.54) is 49.5 Å². The first-order valence-electron chi connectivity index (χ1n) is 10.2. The van der Waals surface area contributed by atoms with Gasteiger partial charge in [-0.1, -0.05) is 24.3 Å². The van der Waals surface area contributed by atoms with Gasteiger partial charge in [-0.2, -0.15) is 0 Å². The maximum atomic E-state index is 13.0. The van der Waals surface area contributed by atoms with Crippen molar-refractivity contribution < 1.29 is 18.1 Å². The first kappa shape index (κ1) is 23.6. The summed E-state index contributed by atoms with van der Waals surface area (Å²) in [5.41, 5.74) is 0.111. The van der Waals surface area contributed by atoms with E-state index in [2.05, 4.69) is 10.3 Å². The van der Waals surface area contributed by atoms with Crippen molar-refractivity contribution in [3.63, 3.8) is 0 Å². The zero-order chi connectivity index (χ0) is 25.2. The summed E-state index contributed by atoms with van der Waals surface area (Å²) in [4.78, 5) is 39.6. The third kappa shape index (κ3) is 4.87. The van der Waals surface area contributed by atoms with E-state index in [0.717, 1.165) is 15.2 Å². The standard InChI is InChI=1S/C23H19N5O6S/c1-26(17-7-3-2-4-8-17)35(33,34)19-9-5-6-16(12-19)25-22(29)14-27-15-24-21-13-18(28(31)32)10-11-20(21)23(27)30/h2-13,15H,14H2,1H3,(H,25,29). The van der Waals surface area contributed by atoms with Crippen LogP contribution in [0.15, 0.2) is 88.8 Å². The number of fused-ring (bicyclic) bond motifs is 1. The Morgan fingerprint density at radius 1 is 1.09 bits per heavy atom. The molecule has 0 radical (unpaired) electrons. The van der Waals surface area contributed by atoms with Gasteiger partial charge in [0.05, 0.1) is 32.7 Å². The number of nitrogens with zero attached hydrogens (tertiary/aromatic N) is 4. The van der Waals surface area contributed by atoms with E-state index in [-0.39, 0.29) is 33.7 Å². The maximum absolute atomic E-state index is 13.0. The molecule has 1 N–H and O–H groups in total. The fourth-order valence-electron chi connectivity index (χ4n) is 3.40. The minimum Gasteiger partial charge on any atom is -0.324 e. The van der Waals surface area contributed by atoms with E-state index in [9.17, 15) is 28.1 Å². The van der Waals surface area contributed by atoms with Crippen LogP contribution in [0.2, 0.25) is 0 Å². The lowest BCUT2D eigenvalue weighted by molar-refractivity contribution is -0.384. The molecule has 3 aromatic carbocycles. The van der Waals surface area contributed by atoms with Crippen molar-refractivity contribution in [2.75, 3.05) is 16.7 Å². The van der Waals surface area contributed by atoms with Crippen molar-refractivity contribution in [2.45, 2.75) is 11.4 Å². The Hall–Kier alpha value is -4.58. The van der Waals surface area contributed by atoms with Gasteiger partial charge in [0, 0.05) is 24.9 Å². The number of rotatable bonds is 7. The average Bonchev–Trinajstić information content (AvgIpc) is 2.85. The molecular formula is C23H19N5O6S. The number of non-ortho nitro benzene ring substituents is 1. The minimum absolute atomic E-state index is 0.0206. The molecule has 0 fully saturated rings. The van der Waals surface area contributed by atoms with Crippen LogP contribution in [-0.2, 0) is 21.4 Å². The highest BCUT2D eigenvalue weighted by molar-refractivity contribution is 7.92. The number of nitro benzene ring substituents is 1. The largest absolute Gasteiger partial charge is 0.324 e. The molecule has 12 heteroatoms. The predicted molar refractivity (Wildman–Crippen MR) is 130 cm³/mol. The summed E-state index contributed by atoms with van der Waals surface area (Å²) < 4.78 is 28.2. The Morgan fingerprint density at radius 2 is 1.83 bits per heavy atom. The first-order valence-corrected chi connectivity index (χ1v) is 11.7. The molecule has 1 amide bonds. The Morgan fingerprint density at radius 3 is 2.54 bits per heavy atom. The number of nitrogens with one attached hydrogen (secondary N) is 1. The summed E-state index contributed by atoms with van der Waals surface area (Å²) in [6.45, 7) is -0.389. The number of hydrogen-bond donors (Lipinski definition) is 1. The maximum Gasteiger partial charge on any atom is 0.271 e. The predicted octanol–water partition coefficient (Wildman–Crippen LogP) is 2.77. The summed E-state index contributed by atoms with van der Waals surface area (Å²) >= 11 is 0. The molecule has 0 aliphatic heterocycles. The van der Waals surface area contributed by atoms with Crippen molar-refractivity contribution in [2.24, 2.45) is 0 Å². The van der Waals surface area contributed by atoms with Crippen molar-refractivity contribution in [1.82, 2.24) is 9.55 Å². The van der Waals surface area contributed by atoms with Crippen LogP contribution < -0.4 is 15.2 Å². The molecule has 0 aliphatic carbocycles. The second-order valence-electron chi connectivity index (χ2n) is 7.52. The normalized spacial score (nSPS) is 11.2. The highest BCUT2D eigenvalue weighted by Crippen LogP contribution is 2.23. The molecule has 0 atom stereocenters. The third-order valence-electron chi connectivity index (χ3n) is 5.23. The second-order valence-corrected chi connectivity index (χ2v) is 9.49. The van der Waals surface area contributed by atoms with E-state index in [4.69, 9.17) is 0 Å². The van der Waals surface area contributed by atoms with Crippen molar-refractivity contribution >= 4 is 43.9 Å². The SMILES string of the molecule is CN(c1ccccc1)S(=O)(=O)c1cccc(NC(=O)Cn2cnc3cc([N+](=O)[O-])ccc3c2=O)c1. The summed E-state index contributed by atoms with van der Waals surface area (Å²) in [5.74, 6) is -0.582. The van der Waals surface area contributed by atoms with Gasteiger partial charge in [-0.25, -0.2) is 13.4 Å². The number of carbonyl (C=O) groups is 1. The fourth-order valence-corrected chi connectivity index (χ4v) is 4.64. The lowest BCUT2D eigenvalue weighted by atomic mass is 10.2. The Balaban J connectivity index is 1.53. The summed E-state index contributed by atoms with van der Waals surface area (Å²) in [6.07, 6.45) is 1.13. The zero-order valence-electron chi connectivity index (χ0n) is 18.4. The van der Waals surface area contributed by atoms with Gasteiger partial charge in [-0.15, -0.1) is 0 Å². The van der Waals surface area contributed by atoms with Gasteiger partial charge in [0.2, 0.25) is 5.91 Å². The number of amides is 1. The lowest BCUT2D eigenvalue weighted by Crippen LogP contribution is -2.28. The summed E-state index contributed by atoms with van der Waals surface area (Å²) in [7, 11) is -2.45. The van der Waals surface area contributed by atoms with Gasteiger partial charge >= 0.3 is 0 Å². The molecule has 0 bridgehead atoms. The van der Waals surface area contributed by atoms with E-state index in [0.29, 0.717) is 5.69 Å². The second kappa shape index (κ2) is 9.35. The number of hydrogen-bond acceptors (Lipinski definition) is 7. The van der Waals surface area contributed by atoms with Crippen LogP contribution in [0.1, 0.15) is 0 Å². The number of benzene rings is 3. The van der Waals surface area contributed by atoms with E-state index >= 15 is 0 Å². The van der Waals surface area contributed by atoms with Crippen LogP contribution in [0.25, 0.3) is 10.9 Å². The van der Waals surface area contributed by atoms with Crippen molar-refractivity contribution in [3.05, 3.63) is 99.6 Å². The van der Waals surface area contributed by atoms with E-state index < -0.39 is 26.4 Å². The summed E-state index contributed by atoms with van der Waals surface area (Å²) in [5, 5.41) is 13.6. The van der Waals surface area contributed by atoms with Crippen LogP contribution in [0.3, 0.4) is 0 Å². The van der Waals surface area contributed by atoms with Crippen LogP contribution >= 0.6 is 0 Å². The number of sulfonamides is 1. The van der Waals surface area contributed by atoms with Gasteiger partial charge in [-0.05, 0) is 36.4 Å². The minimum atomic E-state index is -3.88. The average molecular weight is 494 g/mol. The molecule has 4 rings (SSSR count). The number of para-hydroxylation sites is 1. The third-order valence-corrected chi connectivity index (χ3v) is 7.01. The number of nitro groups is 1. The van der Waals surface area contributed by atoms with Crippen LogP contribution in [0.5, 0.6) is 0 Å². The Kier molecular flexibility index (Phi) is 6.30. The van der Waals surface area contributed by atoms with Crippen LogP contribution in [0, 0.1) is 10.1 Å². The number of carbonyl (C=O) groups excluding carboxylic acids is 1. The molecule has 11 nitrogen and oxygen atoms in total. The molecule has 0 saturated heterocycles. The summed E-state index contributed by atoms with van der Waals surface area (Å²) in [6, 6.07) is 18.0. The van der Waals surface area contributed by atoms with E-state index in [1.54, 1.807) is 30.3 Å². The monoisotopic (exact) mass is 493 g/mol. The van der Waals surface area contributed by atoms with Crippen LogP contribution in [-0.4, -0.2) is 35.8 Å². The number of aromatic nitrogens is 2. The molecule has 1 heterocycles. The molecule has 35 heavy (non-hydrogen) atoms. The van der Waals surface area contributed by atoms with Gasteiger partial charge in [0.15, 0.2) is 0 Å². The molecule has 1 aromatic heterocycles. The Labute approximate surface area is 199 Å². The highest BCUT2D eigenvalue weighted by atomic mass is 32.2. The molecule has 4 aromatic rings. The van der Waals surface area contributed by atoms with E-state index in [1.807, 2.05) is 0 Å².